The fourth-order valence-electron chi connectivity index (χ4n) is 3.10. The third kappa shape index (κ3) is 2.54. The Labute approximate surface area is 141 Å². The van der Waals surface area contributed by atoms with E-state index >= 15 is 0 Å². The van der Waals surface area contributed by atoms with Gasteiger partial charge < -0.3 is 0 Å². The molecule has 0 fully saturated rings. The predicted octanol–water partition coefficient (Wildman–Crippen LogP) is 5.29. The molecule has 0 aliphatic rings. The number of fused-ring (bicyclic) bond motifs is 2. The summed E-state index contributed by atoms with van der Waals surface area (Å²) >= 11 is 0. The van der Waals surface area contributed by atoms with Crippen molar-refractivity contribution in [3.8, 4) is 11.3 Å². The number of rotatable bonds is 2. The molecular weight excluding hydrogens is 327 g/mol. The summed E-state index contributed by atoms with van der Waals surface area (Å²) in [5, 5.41) is 5.89. The van der Waals surface area contributed by atoms with Crippen molar-refractivity contribution < 1.29 is 13.2 Å². The normalized spacial score (nSPS) is 12.2. The number of hydrogen-bond donors (Lipinski definition) is 0. The molecule has 0 amide bonds. The largest absolute Gasteiger partial charge is 0.417 e. The van der Waals surface area contributed by atoms with Crippen LogP contribution >= 0.6 is 0 Å². The first kappa shape index (κ1) is 15.6. The Balaban J connectivity index is 2.08. The van der Waals surface area contributed by atoms with Gasteiger partial charge >= 0.3 is 6.18 Å². The third-order valence-electron chi connectivity index (χ3n) is 4.28. The number of hydrogen-bond acceptors (Lipinski definition) is 2. The van der Waals surface area contributed by atoms with Gasteiger partial charge in [-0.3, -0.25) is 0 Å². The van der Waals surface area contributed by atoms with Crippen molar-refractivity contribution in [2.75, 3.05) is 0 Å². The van der Waals surface area contributed by atoms with Crippen LogP contribution in [0.1, 0.15) is 12.5 Å². The molecule has 0 saturated carbocycles. The maximum absolute atomic E-state index is 13.6. The first-order valence-electron chi connectivity index (χ1n) is 7.91. The van der Waals surface area contributed by atoms with Crippen molar-refractivity contribution in [2.24, 2.45) is 0 Å². The Bertz CT molecular complexity index is 1080. The van der Waals surface area contributed by atoms with Gasteiger partial charge in [0, 0.05) is 12.1 Å². The topological polar surface area (TPSA) is 30.7 Å². The lowest BCUT2D eigenvalue weighted by molar-refractivity contribution is -0.136. The van der Waals surface area contributed by atoms with E-state index in [1.807, 2.05) is 43.3 Å². The van der Waals surface area contributed by atoms with E-state index < -0.39 is 11.7 Å². The lowest BCUT2D eigenvalue weighted by atomic mass is 10.00. The molecule has 0 unspecified atom stereocenters. The van der Waals surface area contributed by atoms with Gasteiger partial charge in [0.05, 0.1) is 22.8 Å². The van der Waals surface area contributed by atoms with Crippen LogP contribution in [0.2, 0.25) is 0 Å². The van der Waals surface area contributed by atoms with E-state index in [4.69, 9.17) is 0 Å². The van der Waals surface area contributed by atoms with Crippen LogP contribution in [0.15, 0.2) is 54.7 Å². The standard InChI is InChI=1S/C19H14F3N3/c1-2-25-18-15(11-23-25)16(19(20,21)22)10-17(24-18)14-9-5-7-12-6-3-4-8-13(12)14/h3-11H,2H2,1H3. The Kier molecular flexibility index (Phi) is 3.49. The number of halogens is 3. The highest BCUT2D eigenvalue weighted by Gasteiger charge is 2.34. The first-order valence-corrected chi connectivity index (χ1v) is 7.91. The van der Waals surface area contributed by atoms with E-state index in [1.165, 1.54) is 10.9 Å². The zero-order valence-corrected chi connectivity index (χ0v) is 13.4. The minimum absolute atomic E-state index is 0.0262. The van der Waals surface area contributed by atoms with Gasteiger partial charge in [-0.1, -0.05) is 42.5 Å². The molecule has 0 spiro atoms. The number of aromatic nitrogens is 3. The van der Waals surface area contributed by atoms with Crippen LogP contribution in [0.5, 0.6) is 0 Å². The summed E-state index contributed by atoms with van der Waals surface area (Å²) in [6, 6.07) is 14.3. The van der Waals surface area contributed by atoms with E-state index in [2.05, 4.69) is 10.1 Å². The van der Waals surface area contributed by atoms with Crippen LogP contribution in [0.3, 0.4) is 0 Å². The Morgan fingerprint density at radius 1 is 1.00 bits per heavy atom. The minimum Gasteiger partial charge on any atom is -0.248 e. The summed E-state index contributed by atoms with van der Waals surface area (Å²) in [7, 11) is 0. The number of aryl methyl sites for hydroxylation is 1. The van der Waals surface area contributed by atoms with Crippen LogP contribution in [0, 0.1) is 0 Å². The zero-order chi connectivity index (χ0) is 17.6. The maximum Gasteiger partial charge on any atom is 0.417 e. The van der Waals surface area contributed by atoms with E-state index in [9.17, 15) is 13.2 Å². The molecule has 3 nitrogen and oxygen atoms in total. The molecule has 6 heteroatoms. The van der Waals surface area contributed by atoms with Crippen molar-refractivity contribution in [1.29, 1.82) is 0 Å². The van der Waals surface area contributed by atoms with Crippen molar-refractivity contribution in [1.82, 2.24) is 14.8 Å². The maximum atomic E-state index is 13.6. The van der Waals surface area contributed by atoms with E-state index in [-0.39, 0.29) is 11.0 Å². The molecule has 0 aliphatic carbocycles. The third-order valence-corrected chi connectivity index (χ3v) is 4.28. The highest BCUT2D eigenvalue weighted by atomic mass is 19.4. The molecule has 0 bridgehead atoms. The van der Waals surface area contributed by atoms with Crippen molar-refractivity contribution in [3.05, 3.63) is 60.3 Å². The van der Waals surface area contributed by atoms with Crippen molar-refractivity contribution in [2.45, 2.75) is 19.6 Å². The lowest BCUT2D eigenvalue weighted by Gasteiger charge is -2.12. The van der Waals surface area contributed by atoms with Crippen LogP contribution < -0.4 is 0 Å². The zero-order valence-electron chi connectivity index (χ0n) is 13.4. The molecule has 0 radical (unpaired) electrons. The van der Waals surface area contributed by atoms with Gasteiger partial charge in [-0.2, -0.15) is 18.3 Å². The molecule has 25 heavy (non-hydrogen) atoms. The van der Waals surface area contributed by atoms with Crippen LogP contribution in [0.4, 0.5) is 13.2 Å². The molecule has 4 rings (SSSR count). The highest BCUT2D eigenvalue weighted by Crippen LogP contribution is 2.38. The first-order chi connectivity index (χ1) is 12.0. The molecule has 0 atom stereocenters. The summed E-state index contributed by atoms with van der Waals surface area (Å²) in [5.41, 5.74) is 0.515. The molecule has 0 N–H and O–H groups in total. The fourth-order valence-corrected chi connectivity index (χ4v) is 3.10. The van der Waals surface area contributed by atoms with Crippen LogP contribution in [0.25, 0.3) is 33.1 Å². The summed E-state index contributed by atoms with van der Waals surface area (Å²) < 4.78 is 42.2. The SMILES string of the molecule is CCn1ncc2c(C(F)(F)F)cc(-c3cccc4ccccc34)nc21. The van der Waals surface area contributed by atoms with Gasteiger partial charge in [0.2, 0.25) is 0 Å². The minimum atomic E-state index is -4.47. The van der Waals surface area contributed by atoms with E-state index in [0.29, 0.717) is 17.8 Å². The monoisotopic (exact) mass is 341 g/mol. The summed E-state index contributed by atoms with van der Waals surface area (Å²) in [4.78, 5) is 4.50. The number of benzene rings is 2. The van der Waals surface area contributed by atoms with Crippen molar-refractivity contribution in [3.63, 3.8) is 0 Å². The summed E-state index contributed by atoms with van der Waals surface area (Å²) in [5.74, 6) is 0. The van der Waals surface area contributed by atoms with Gasteiger partial charge in [-0.15, -0.1) is 0 Å². The van der Waals surface area contributed by atoms with Gasteiger partial charge in [-0.25, -0.2) is 9.67 Å². The van der Waals surface area contributed by atoms with Gasteiger partial charge in [0.1, 0.15) is 0 Å². The second-order valence-corrected chi connectivity index (χ2v) is 5.78. The van der Waals surface area contributed by atoms with Crippen LogP contribution in [-0.2, 0) is 12.7 Å². The smallest absolute Gasteiger partial charge is 0.248 e. The molecule has 2 heterocycles. The predicted molar refractivity (Wildman–Crippen MR) is 91.1 cm³/mol. The number of pyridine rings is 1. The molecule has 0 aliphatic heterocycles. The van der Waals surface area contributed by atoms with Gasteiger partial charge in [0.15, 0.2) is 5.65 Å². The number of alkyl halides is 3. The second-order valence-electron chi connectivity index (χ2n) is 5.78. The highest BCUT2D eigenvalue weighted by molar-refractivity contribution is 5.97. The molecule has 4 aromatic rings. The Hall–Kier alpha value is -2.89. The quantitative estimate of drug-likeness (QED) is 0.496. The number of nitrogens with zero attached hydrogens (tertiary/aromatic N) is 3. The second kappa shape index (κ2) is 5.58. The van der Waals surface area contributed by atoms with E-state index in [0.717, 1.165) is 16.8 Å². The molecule has 0 saturated heterocycles. The lowest BCUT2D eigenvalue weighted by Crippen LogP contribution is -2.07. The molecule has 2 aromatic heterocycles. The molecule has 126 valence electrons. The van der Waals surface area contributed by atoms with E-state index in [1.54, 1.807) is 6.07 Å². The fraction of sp³-hybridized carbons (Fsp3) is 0.158. The van der Waals surface area contributed by atoms with Crippen molar-refractivity contribution >= 4 is 21.8 Å². The Morgan fingerprint density at radius 2 is 1.76 bits per heavy atom. The average molecular weight is 341 g/mol. The summed E-state index contributed by atoms with van der Waals surface area (Å²) in [6.45, 7) is 2.28. The van der Waals surface area contributed by atoms with Crippen LogP contribution in [-0.4, -0.2) is 14.8 Å². The Morgan fingerprint density at radius 3 is 2.52 bits per heavy atom. The average Bonchev–Trinajstić information content (AvgIpc) is 3.02. The summed E-state index contributed by atoms with van der Waals surface area (Å²) in [6.07, 6.45) is -3.23. The van der Waals surface area contributed by atoms with Gasteiger partial charge in [-0.05, 0) is 23.8 Å². The molecular formula is C19H14F3N3. The van der Waals surface area contributed by atoms with Gasteiger partial charge in [0.25, 0.3) is 0 Å². The molecule has 2 aromatic carbocycles.